The molecule has 1 aliphatic heterocycles. The van der Waals surface area contributed by atoms with Crippen LogP contribution in [0.5, 0.6) is 5.75 Å². The van der Waals surface area contributed by atoms with Gasteiger partial charge in [-0.3, -0.25) is 9.59 Å². The van der Waals surface area contributed by atoms with Gasteiger partial charge >= 0.3 is 11.8 Å². The zero-order valence-electron chi connectivity index (χ0n) is 15.4. The quantitative estimate of drug-likeness (QED) is 0.695. The molecule has 0 saturated heterocycles. The van der Waals surface area contributed by atoms with Crippen LogP contribution in [0.3, 0.4) is 0 Å². The van der Waals surface area contributed by atoms with Crippen molar-refractivity contribution in [3.63, 3.8) is 0 Å². The van der Waals surface area contributed by atoms with E-state index in [4.69, 9.17) is 4.74 Å². The molecule has 0 saturated carbocycles. The number of hydrogen-bond acceptors (Lipinski definition) is 5. The van der Waals surface area contributed by atoms with Crippen molar-refractivity contribution in [2.75, 3.05) is 37.5 Å². The highest BCUT2D eigenvalue weighted by molar-refractivity contribution is 6.39. The van der Waals surface area contributed by atoms with E-state index in [0.29, 0.717) is 11.4 Å². The first kappa shape index (κ1) is 18.7. The fraction of sp³-hybridized carbons (Fsp3) is 0.300. The van der Waals surface area contributed by atoms with Gasteiger partial charge in [0.1, 0.15) is 5.75 Å². The fourth-order valence-corrected chi connectivity index (χ4v) is 3.11. The Kier molecular flexibility index (Phi) is 5.61. The summed E-state index contributed by atoms with van der Waals surface area (Å²) in [5, 5.41) is 15.3. The Morgan fingerprint density at radius 1 is 1.22 bits per heavy atom. The Morgan fingerprint density at radius 3 is 2.78 bits per heavy atom. The number of ether oxygens (including phenoxy) is 1. The highest BCUT2D eigenvalue weighted by atomic mass is 16.5. The van der Waals surface area contributed by atoms with E-state index < -0.39 is 17.9 Å². The molecule has 0 aromatic heterocycles. The number of fused-ring (bicyclic) bond motifs is 1. The van der Waals surface area contributed by atoms with Crippen molar-refractivity contribution in [2.45, 2.75) is 12.5 Å². The van der Waals surface area contributed by atoms with Crippen LogP contribution in [0.2, 0.25) is 0 Å². The molecule has 3 N–H and O–H groups in total. The molecule has 0 spiro atoms. The molecule has 1 atom stereocenters. The van der Waals surface area contributed by atoms with E-state index in [-0.39, 0.29) is 6.54 Å². The summed E-state index contributed by atoms with van der Waals surface area (Å²) < 4.78 is 5.14. The molecular formula is C20H23N3O4. The maximum Gasteiger partial charge on any atom is 0.313 e. The first-order valence-electron chi connectivity index (χ1n) is 8.74. The second-order valence-electron chi connectivity index (χ2n) is 6.44. The third-order valence-electron chi connectivity index (χ3n) is 4.63. The first-order chi connectivity index (χ1) is 13.0. The Morgan fingerprint density at radius 2 is 2.00 bits per heavy atom. The molecule has 0 bridgehead atoms. The molecule has 3 rings (SSSR count). The van der Waals surface area contributed by atoms with Gasteiger partial charge in [-0.1, -0.05) is 24.3 Å². The van der Waals surface area contributed by atoms with Crippen molar-refractivity contribution in [1.29, 1.82) is 0 Å². The summed E-state index contributed by atoms with van der Waals surface area (Å²) in [6.07, 6.45) is 0.0456. The molecule has 2 aromatic rings. The van der Waals surface area contributed by atoms with E-state index in [1.54, 1.807) is 24.3 Å². The van der Waals surface area contributed by atoms with Gasteiger partial charge in [0.15, 0.2) is 0 Å². The summed E-state index contributed by atoms with van der Waals surface area (Å²) in [4.78, 5) is 26.2. The second-order valence-corrected chi connectivity index (χ2v) is 6.44. The summed E-state index contributed by atoms with van der Waals surface area (Å²) in [6.45, 7) is 0.904. The van der Waals surface area contributed by atoms with Gasteiger partial charge in [-0.05, 0) is 35.7 Å². The molecule has 0 aliphatic carbocycles. The number of rotatable bonds is 5. The SMILES string of the molecule is COc1ccccc1NC(=O)C(=O)NCC(O)c1ccc2c(c1)CCN2C. The summed E-state index contributed by atoms with van der Waals surface area (Å²) in [5.74, 6) is -1.18. The molecule has 7 heteroatoms. The van der Waals surface area contributed by atoms with Crippen LogP contribution in [0.15, 0.2) is 42.5 Å². The number of aliphatic hydroxyl groups is 1. The molecule has 0 fully saturated rings. The third-order valence-corrected chi connectivity index (χ3v) is 4.63. The maximum atomic E-state index is 12.1. The number of likely N-dealkylation sites (N-methyl/N-ethyl adjacent to an activating group) is 1. The number of hydrogen-bond donors (Lipinski definition) is 3. The standard InChI is InChI=1S/C20H23N3O4/c1-23-10-9-13-11-14(7-8-16(13)23)17(24)12-21-19(25)20(26)22-15-5-3-4-6-18(15)27-2/h3-8,11,17,24H,9-10,12H2,1-2H3,(H,21,25)(H,22,26). The van der Waals surface area contributed by atoms with Crippen molar-refractivity contribution < 1.29 is 19.4 Å². The minimum atomic E-state index is -0.885. The van der Waals surface area contributed by atoms with E-state index in [9.17, 15) is 14.7 Å². The fourth-order valence-electron chi connectivity index (χ4n) is 3.11. The number of aliphatic hydroxyl groups excluding tert-OH is 1. The maximum absolute atomic E-state index is 12.1. The number of carbonyl (C=O) groups excluding carboxylic acids is 2. The van der Waals surface area contributed by atoms with Gasteiger partial charge in [-0.25, -0.2) is 0 Å². The van der Waals surface area contributed by atoms with E-state index >= 15 is 0 Å². The van der Waals surface area contributed by atoms with Crippen molar-refractivity contribution in [3.8, 4) is 5.75 Å². The molecule has 0 radical (unpaired) electrons. The number of benzene rings is 2. The molecule has 142 valence electrons. The number of nitrogens with one attached hydrogen (secondary N) is 2. The number of anilines is 2. The van der Waals surface area contributed by atoms with Crippen LogP contribution in [0.1, 0.15) is 17.2 Å². The molecule has 7 nitrogen and oxygen atoms in total. The number of para-hydroxylation sites is 2. The summed E-state index contributed by atoms with van der Waals surface area (Å²) in [6, 6.07) is 12.6. The van der Waals surface area contributed by atoms with Gasteiger partial charge < -0.3 is 25.4 Å². The van der Waals surface area contributed by atoms with E-state index in [0.717, 1.165) is 24.2 Å². The lowest BCUT2D eigenvalue weighted by atomic mass is 10.0. The molecule has 1 unspecified atom stereocenters. The summed E-state index contributed by atoms with van der Waals surface area (Å²) in [5.41, 5.74) is 3.46. The molecule has 2 amide bonds. The van der Waals surface area contributed by atoms with Crippen LogP contribution in [-0.4, -0.2) is 44.2 Å². The van der Waals surface area contributed by atoms with Crippen LogP contribution in [0, 0.1) is 0 Å². The zero-order valence-corrected chi connectivity index (χ0v) is 15.4. The highest BCUT2D eigenvalue weighted by Gasteiger charge is 2.20. The van der Waals surface area contributed by atoms with Gasteiger partial charge in [0.2, 0.25) is 0 Å². The number of amides is 2. The van der Waals surface area contributed by atoms with Gasteiger partial charge in [0, 0.05) is 25.8 Å². The average Bonchev–Trinajstić information content (AvgIpc) is 3.06. The Balaban J connectivity index is 1.56. The third kappa shape index (κ3) is 4.20. The van der Waals surface area contributed by atoms with Crippen molar-refractivity contribution in [3.05, 3.63) is 53.6 Å². The van der Waals surface area contributed by atoms with E-state index in [1.807, 2.05) is 25.2 Å². The Bertz CT molecular complexity index is 853. The molecular weight excluding hydrogens is 346 g/mol. The normalized spacial score (nSPS) is 13.7. The Hall–Kier alpha value is -3.06. The minimum absolute atomic E-state index is 0.0488. The van der Waals surface area contributed by atoms with Crippen LogP contribution < -0.4 is 20.3 Å². The van der Waals surface area contributed by atoms with Gasteiger partial charge in [-0.2, -0.15) is 0 Å². The molecule has 1 aliphatic rings. The summed E-state index contributed by atoms with van der Waals surface area (Å²) in [7, 11) is 3.51. The minimum Gasteiger partial charge on any atom is -0.495 e. The highest BCUT2D eigenvalue weighted by Crippen LogP contribution is 2.29. The van der Waals surface area contributed by atoms with Crippen LogP contribution in [0.4, 0.5) is 11.4 Å². The molecule has 1 heterocycles. The van der Waals surface area contributed by atoms with Gasteiger partial charge in [0.05, 0.1) is 18.9 Å². The second kappa shape index (κ2) is 8.09. The number of methoxy groups -OCH3 is 1. The molecule has 2 aromatic carbocycles. The monoisotopic (exact) mass is 369 g/mol. The van der Waals surface area contributed by atoms with E-state index in [2.05, 4.69) is 15.5 Å². The van der Waals surface area contributed by atoms with Gasteiger partial charge in [0.25, 0.3) is 0 Å². The van der Waals surface area contributed by atoms with Crippen LogP contribution in [-0.2, 0) is 16.0 Å². The van der Waals surface area contributed by atoms with E-state index in [1.165, 1.54) is 12.7 Å². The number of carbonyl (C=O) groups is 2. The lowest BCUT2D eigenvalue weighted by Gasteiger charge is -2.15. The predicted octanol–water partition coefficient (Wildman–Crippen LogP) is 1.48. The predicted molar refractivity (Wildman–Crippen MR) is 103 cm³/mol. The van der Waals surface area contributed by atoms with Crippen LogP contribution >= 0.6 is 0 Å². The lowest BCUT2D eigenvalue weighted by molar-refractivity contribution is -0.136. The summed E-state index contributed by atoms with van der Waals surface area (Å²) >= 11 is 0. The van der Waals surface area contributed by atoms with Crippen LogP contribution in [0.25, 0.3) is 0 Å². The smallest absolute Gasteiger partial charge is 0.313 e. The van der Waals surface area contributed by atoms with Crippen molar-refractivity contribution >= 4 is 23.2 Å². The lowest BCUT2D eigenvalue weighted by Crippen LogP contribution is -2.37. The van der Waals surface area contributed by atoms with Gasteiger partial charge in [-0.15, -0.1) is 0 Å². The largest absolute Gasteiger partial charge is 0.495 e. The first-order valence-corrected chi connectivity index (χ1v) is 8.74. The topological polar surface area (TPSA) is 90.9 Å². The average molecular weight is 369 g/mol. The zero-order chi connectivity index (χ0) is 19.4. The number of nitrogens with zero attached hydrogens (tertiary/aromatic N) is 1. The molecule has 27 heavy (non-hydrogen) atoms. The van der Waals surface area contributed by atoms with Crippen molar-refractivity contribution in [2.24, 2.45) is 0 Å². The Labute approximate surface area is 157 Å². The van der Waals surface area contributed by atoms with Crippen molar-refractivity contribution in [1.82, 2.24) is 5.32 Å².